The molecule has 4 rings (SSSR count). The molecule has 2 saturated heterocycles. The predicted molar refractivity (Wildman–Crippen MR) is 223 cm³/mol. The number of nitrogens with two attached hydrogens (primary N) is 1. The van der Waals surface area contributed by atoms with E-state index in [1.165, 1.54) is 13.8 Å². The monoisotopic (exact) mass is 1060 g/mol. The number of phosphoric ester groups is 3. The van der Waals surface area contributed by atoms with Crippen molar-refractivity contribution in [3.8, 4) is 0 Å². The Morgan fingerprint density at radius 2 is 1.65 bits per heavy atom. The number of nitrogens with one attached hydrogen (secondary N) is 3. The summed E-state index contributed by atoms with van der Waals surface area (Å²) < 4.78 is 82.6. The largest absolute Gasteiger partial charge is 0.481 e. The zero-order valence-corrected chi connectivity index (χ0v) is 39.3. The number of halogens is 1. The first-order valence-corrected chi connectivity index (χ1v) is 25.3. The lowest BCUT2D eigenvalue weighted by Gasteiger charge is -2.43. The first-order valence-electron chi connectivity index (χ1n) is 19.8. The van der Waals surface area contributed by atoms with Crippen LogP contribution in [0.1, 0.15) is 33.4 Å². The van der Waals surface area contributed by atoms with Crippen LogP contribution in [0.15, 0.2) is 12.7 Å². The number of thioether (sulfide) groups is 1. The lowest BCUT2D eigenvalue weighted by Crippen LogP contribution is -2.67. The van der Waals surface area contributed by atoms with Crippen molar-refractivity contribution < 1.29 is 115 Å². The number of hydrogen-bond donors (Lipinski definition) is 14. The summed E-state index contributed by atoms with van der Waals surface area (Å²) in [5, 5.41) is 67.3. The van der Waals surface area contributed by atoms with Gasteiger partial charge in [-0.25, -0.2) is 33.0 Å². The van der Waals surface area contributed by atoms with E-state index in [1.54, 1.807) is 0 Å². The van der Waals surface area contributed by atoms with Crippen molar-refractivity contribution in [2.45, 2.75) is 101 Å². The molecule has 36 heteroatoms. The molecule has 2 aliphatic heterocycles. The fourth-order valence-corrected chi connectivity index (χ4v) is 10.1. The highest BCUT2D eigenvalue weighted by Crippen LogP contribution is 2.61. The Hall–Kier alpha value is -3.24. The number of ether oxygens (including phenoxy) is 2. The molecule has 2 fully saturated rings. The number of nitrogens with zero attached hydrogens (tertiary/aromatic N) is 4. The first-order chi connectivity index (χ1) is 31.5. The van der Waals surface area contributed by atoms with Crippen LogP contribution in [0.2, 0.25) is 0 Å². The number of carbonyl (C=O) groups excluding carboxylic acids is 4. The van der Waals surface area contributed by atoms with E-state index in [0.717, 1.165) is 24.1 Å². The molecule has 0 radical (unpaired) electrons. The minimum absolute atomic E-state index is 0.00340. The second-order valence-electron chi connectivity index (χ2n) is 15.7. The van der Waals surface area contributed by atoms with E-state index < -0.39 is 145 Å². The number of rotatable bonds is 24. The highest BCUT2D eigenvalue weighted by atomic mass is 32.2. The lowest BCUT2D eigenvalue weighted by atomic mass is 9.87. The molecule has 68 heavy (non-hydrogen) atoms. The highest BCUT2D eigenvalue weighted by Gasteiger charge is 2.53. The van der Waals surface area contributed by atoms with Crippen LogP contribution in [0.3, 0.4) is 0 Å². The number of amides is 3. The van der Waals surface area contributed by atoms with Gasteiger partial charge in [0.05, 0.1) is 32.2 Å². The Kier molecular flexibility index (Phi) is 20.1. The number of imidazole rings is 1. The van der Waals surface area contributed by atoms with Gasteiger partial charge in [-0.05, 0) is 0 Å². The van der Waals surface area contributed by atoms with Crippen molar-refractivity contribution in [1.82, 2.24) is 35.5 Å². The molecule has 0 saturated carbocycles. The summed E-state index contributed by atoms with van der Waals surface area (Å²) in [4.78, 5) is 100. The van der Waals surface area contributed by atoms with Crippen molar-refractivity contribution in [2.24, 2.45) is 5.41 Å². The van der Waals surface area contributed by atoms with Gasteiger partial charge in [-0.2, -0.15) is 4.31 Å². The van der Waals surface area contributed by atoms with Crippen LogP contribution in [0.5, 0.6) is 0 Å². The van der Waals surface area contributed by atoms with Gasteiger partial charge in [0.2, 0.25) is 22.8 Å². The molecule has 31 nitrogen and oxygen atoms in total. The Bertz CT molecular complexity index is 2250. The van der Waals surface area contributed by atoms with Crippen LogP contribution < -0.4 is 21.7 Å². The summed E-state index contributed by atoms with van der Waals surface area (Å²) >= 11 is 0.469. The van der Waals surface area contributed by atoms with Crippen molar-refractivity contribution in [3.05, 3.63) is 12.7 Å². The van der Waals surface area contributed by atoms with Crippen LogP contribution in [0, 0.1) is 5.41 Å². The summed E-state index contributed by atoms with van der Waals surface area (Å²) in [6, 6.07) is -1.60. The van der Waals surface area contributed by atoms with Gasteiger partial charge in [-0.15, -0.1) is 0 Å². The maximum absolute atomic E-state index is 15.1. The number of aliphatic hydroxyl groups excluding tert-OH is 6. The predicted octanol–water partition coefficient (Wildman–Crippen LogP) is -4.65. The second-order valence-corrected chi connectivity index (χ2v) is 21.0. The molecule has 2 aromatic rings. The van der Waals surface area contributed by atoms with Gasteiger partial charge in [-0.1, -0.05) is 25.6 Å². The number of anilines is 1. The molecule has 14 atom stereocenters. The van der Waals surface area contributed by atoms with Gasteiger partial charge in [0.1, 0.15) is 60.7 Å². The molecule has 2 aromatic heterocycles. The zero-order valence-electron chi connectivity index (χ0n) is 35.8. The lowest BCUT2D eigenvalue weighted by molar-refractivity contribution is -0.203. The Balaban J connectivity index is 1.21. The third kappa shape index (κ3) is 15.4. The molecule has 0 bridgehead atoms. The minimum atomic E-state index is -5.65. The fraction of sp³-hybridized carbons (Fsp3) is 0.719. The Labute approximate surface area is 387 Å². The normalized spacial score (nSPS) is 27.6. The highest BCUT2D eigenvalue weighted by molar-refractivity contribution is 8.13. The van der Waals surface area contributed by atoms with Gasteiger partial charge in [0.25, 0.3) is 0 Å². The summed E-state index contributed by atoms with van der Waals surface area (Å²) in [7, 11) is -16.6. The van der Waals surface area contributed by atoms with E-state index in [4.69, 9.17) is 24.3 Å². The van der Waals surface area contributed by atoms with Crippen LogP contribution >= 0.6 is 35.2 Å². The maximum Gasteiger partial charge on any atom is 0.481 e. The minimum Gasteiger partial charge on any atom is -0.394 e. The van der Waals surface area contributed by atoms with Gasteiger partial charge in [0, 0.05) is 37.6 Å². The van der Waals surface area contributed by atoms with Crippen LogP contribution in [-0.4, -0.2) is 198 Å². The zero-order chi connectivity index (χ0) is 51.1. The molecular formula is C32H52FN8O23P3S. The summed E-state index contributed by atoms with van der Waals surface area (Å²) in [5.41, 5.74) is 4.08. The quantitative estimate of drug-likeness (QED) is 0.0347. The van der Waals surface area contributed by atoms with Crippen molar-refractivity contribution in [2.75, 3.05) is 44.4 Å². The molecule has 0 aliphatic carbocycles. The molecule has 3 amide bonds. The average molecular weight is 1060 g/mol. The SMILES string of the molecule is CC(=O)NC1C(O)C(F)C(C(=O)SCCNC(=O)CCNC(=O)C(O)C(C)(C)COP(=O)(O)OP(=O)(O)OCC2OC(n3cnc4c(N)ncnc43)C(O)C2OP(=O)(O)O)OC1C(O)C(O)CO. The molecule has 0 aromatic carbocycles. The number of hydrogen-bond acceptors (Lipinski definition) is 24. The van der Waals surface area contributed by atoms with Crippen molar-refractivity contribution in [1.29, 1.82) is 0 Å². The van der Waals surface area contributed by atoms with Crippen molar-refractivity contribution >= 4 is 75.0 Å². The third-order valence-electron chi connectivity index (χ3n) is 9.91. The van der Waals surface area contributed by atoms with Crippen LogP contribution in [0.4, 0.5) is 10.2 Å². The van der Waals surface area contributed by atoms with Gasteiger partial charge in [0.15, 0.2) is 30.0 Å². The molecule has 386 valence electrons. The molecular weight excluding hydrogens is 1010 g/mol. The van der Waals surface area contributed by atoms with Crippen LogP contribution in [0.25, 0.3) is 11.2 Å². The van der Waals surface area contributed by atoms with E-state index >= 15 is 4.39 Å². The molecule has 15 N–H and O–H groups in total. The Morgan fingerprint density at radius 1 is 0.985 bits per heavy atom. The van der Waals surface area contributed by atoms with E-state index in [2.05, 4.69) is 39.7 Å². The molecule has 2 aliphatic rings. The topological polar surface area (TPSA) is 483 Å². The maximum atomic E-state index is 15.1. The number of fused-ring (bicyclic) bond motifs is 1. The van der Waals surface area contributed by atoms with Crippen molar-refractivity contribution in [3.63, 3.8) is 0 Å². The number of aliphatic hydroxyl groups is 6. The van der Waals surface area contributed by atoms with E-state index in [1.807, 2.05) is 0 Å². The number of aromatic nitrogens is 4. The summed E-state index contributed by atoms with van der Waals surface area (Å²) in [5.74, 6) is -2.78. The average Bonchev–Trinajstić information content (AvgIpc) is 3.81. The number of carbonyl (C=O) groups is 4. The number of nitrogen functional groups attached to an aromatic ring is 1. The first kappa shape index (κ1) is 57.3. The smallest absolute Gasteiger partial charge is 0.394 e. The summed E-state index contributed by atoms with van der Waals surface area (Å²) in [6.45, 7) is -0.331. The number of alkyl halides is 1. The second kappa shape index (κ2) is 23.8. The molecule has 4 heterocycles. The molecule has 14 unspecified atom stereocenters. The summed E-state index contributed by atoms with van der Waals surface area (Å²) in [6.07, 6.45) is -19.5. The standard InChI is InChI=1S/C32H52FN8O23P3S/c1-13(43)40-18-21(47)17(33)24(62-25(18)20(46)14(44)8-42)31(51)68-7-6-35-16(45)4-5-36-29(50)26(49)32(2,3)10-60-67(57,58)64-66(55,56)59-9-15-23(63-65(52,53)54)22(48)30(61-15)41-12-39-19-27(34)37-11-38-28(19)41/h11-12,14-15,17-18,20-26,30,42,44,46-49H,4-10H2,1-3H3,(H,35,45)(H,36,50)(H,40,43)(H,55,56)(H,57,58)(H2,34,37,38)(H2,52,53,54). The third-order valence-corrected chi connectivity index (χ3v) is 13.9. The van der Waals surface area contributed by atoms with Gasteiger partial charge < -0.3 is 81.4 Å². The van der Waals surface area contributed by atoms with Gasteiger partial charge in [-0.3, -0.25) is 37.3 Å². The van der Waals surface area contributed by atoms with E-state index in [0.29, 0.717) is 11.8 Å². The van der Waals surface area contributed by atoms with E-state index in [-0.39, 0.29) is 42.2 Å². The van der Waals surface area contributed by atoms with Crippen LogP contribution in [-0.2, 0) is 60.2 Å². The van der Waals surface area contributed by atoms with Gasteiger partial charge >= 0.3 is 23.5 Å². The fourth-order valence-electron chi connectivity index (χ4n) is 6.47. The Morgan fingerprint density at radius 3 is 2.28 bits per heavy atom. The number of phosphoric acid groups is 3. The molecule has 0 spiro atoms. The van der Waals surface area contributed by atoms with E-state index in [9.17, 15) is 83.1 Å².